The van der Waals surface area contributed by atoms with Gasteiger partial charge in [-0.3, -0.25) is 9.59 Å². The van der Waals surface area contributed by atoms with Gasteiger partial charge in [0.05, 0.1) is 18.3 Å². The smallest absolute Gasteiger partial charge is 0.255 e. The van der Waals surface area contributed by atoms with Crippen molar-refractivity contribution in [3.63, 3.8) is 0 Å². The summed E-state index contributed by atoms with van der Waals surface area (Å²) in [6, 6.07) is 6.67. The van der Waals surface area contributed by atoms with Crippen LogP contribution >= 0.6 is 24.8 Å². The Labute approximate surface area is 247 Å². The maximum atomic E-state index is 13.0. The summed E-state index contributed by atoms with van der Waals surface area (Å²) in [5, 5.41) is 19.5. The lowest BCUT2D eigenvalue weighted by molar-refractivity contribution is -0.130. The molecule has 0 fully saturated rings. The number of para-hydroxylation sites is 1. The first kappa shape index (κ1) is 39.5. The predicted octanol–water partition coefficient (Wildman–Crippen LogP) is 3.17. The number of hydrogen-bond acceptors (Lipinski definition) is 7. The Kier molecular flexibility index (Phi) is 21.5. The molecular formula is C28H52Cl2N4O5. The summed E-state index contributed by atoms with van der Waals surface area (Å²) < 4.78 is 10.9. The van der Waals surface area contributed by atoms with Crippen LogP contribution in [0.2, 0.25) is 0 Å². The molecule has 3 unspecified atom stereocenters. The van der Waals surface area contributed by atoms with Crippen molar-refractivity contribution >= 4 is 36.6 Å². The Balaban J connectivity index is 0. The van der Waals surface area contributed by atoms with E-state index in [-0.39, 0.29) is 55.0 Å². The minimum absolute atomic E-state index is 0. The standard InChI is InChI=1S/C28H50N4O5.2ClH/c1-20(2)21(17-23(29)24(33)19-32-27(35)28(3,4)13-14-30-5)18-31-26(34)22-11-7-8-12-25(22)37-16-10-9-15-36-6;;/h7-8,11-12,20-21,23-24,30,33H,9-10,13-19,29H2,1-6H3,(H,31,34)(H,32,35);2*1H. The monoisotopic (exact) mass is 594 g/mol. The van der Waals surface area contributed by atoms with E-state index in [9.17, 15) is 14.7 Å². The Hall–Kier alpha value is -1.62. The van der Waals surface area contributed by atoms with Gasteiger partial charge in [-0.05, 0) is 63.2 Å². The van der Waals surface area contributed by atoms with Gasteiger partial charge in [0.25, 0.3) is 5.91 Å². The topological polar surface area (TPSA) is 135 Å². The number of benzene rings is 1. The summed E-state index contributed by atoms with van der Waals surface area (Å²) in [4.78, 5) is 25.5. The third-order valence-electron chi connectivity index (χ3n) is 6.76. The Morgan fingerprint density at radius 3 is 2.31 bits per heavy atom. The van der Waals surface area contributed by atoms with E-state index < -0.39 is 17.6 Å². The molecule has 0 saturated heterocycles. The molecule has 1 aromatic carbocycles. The fraction of sp³-hybridized carbons (Fsp3) is 0.714. The summed E-state index contributed by atoms with van der Waals surface area (Å²) in [5.41, 5.74) is 6.26. The number of unbranched alkanes of at least 4 members (excludes halogenated alkanes) is 1. The van der Waals surface area contributed by atoms with E-state index >= 15 is 0 Å². The van der Waals surface area contributed by atoms with E-state index in [1.165, 1.54) is 0 Å². The van der Waals surface area contributed by atoms with Gasteiger partial charge in [-0.25, -0.2) is 0 Å². The normalized spacial score (nSPS) is 13.5. The molecule has 2 amide bonds. The molecule has 39 heavy (non-hydrogen) atoms. The van der Waals surface area contributed by atoms with Gasteiger partial charge in [-0.1, -0.05) is 39.8 Å². The second kappa shape index (κ2) is 21.2. The number of carbonyl (C=O) groups excluding carboxylic acids is 2. The Bertz CT molecular complexity index is 814. The largest absolute Gasteiger partial charge is 0.493 e. The fourth-order valence-corrected chi connectivity index (χ4v) is 3.87. The van der Waals surface area contributed by atoms with Gasteiger partial charge >= 0.3 is 0 Å². The average Bonchev–Trinajstić information content (AvgIpc) is 2.87. The van der Waals surface area contributed by atoms with Gasteiger partial charge < -0.3 is 36.3 Å². The zero-order valence-electron chi connectivity index (χ0n) is 24.5. The van der Waals surface area contributed by atoms with Crippen LogP contribution in [0.4, 0.5) is 0 Å². The molecule has 0 aliphatic rings. The summed E-state index contributed by atoms with van der Waals surface area (Å²) in [5.74, 6) is 0.531. The fourth-order valence-electron chi connectivity index (χ4n) is 3.87. The summed E-state index contributed by atoms with van der Waals surface area (Å²) in [6.07, 6.45) is 2.05. The molecular weight excluding hydrogens is 543 g/mol. The molecule has 0 aromatic heterocycles. The molecule has 9 nitrogen and oxygen atoms in total. The third kappa shape index (κ3) is 15.1. The molecule has 0 radical (unpaired) electrons. The van der Waals surface area contributed by atoms with Crippen LogP contribution in [0.1, 0.15) is 63.7 Å². The van der Waals surface area contributed by atoms with Crippen molar-refractivity contribution in [2.45, 2.75) is 65.5 Å². The van der Waals surface area contributed by atoms with Crippen molar-refractivity contribution in [3.05, 3.63) is 29.8 Å². The number of ether oxygens (including phenoxy) is 2. The zero-order valence-corrected chi connectivity index (χ0v) is 26.1. The van der Waals surface area contributed by atoms with Crippen LogP contribution in [0.5, 0.6) is 5.75 Å². The first-order valence-electron chi connectivity index (χ1n) is 13.4. The van der Waals surface area contributed by atoms with Crippen LogP contribution in [0.3, 0.4) is 0 Å². The van der Waals surface area contributed by atoms with E-state index in [0.29, 0.717) is 43.9 Å². The van der Waals surface area contributed by atoms with E-state index in [1.54, 1.807) is 19.2 Å². The second-order valence-corrected chi connectivity index (χ2v) is 10.7. The van der Waals surface area contributed by atoms with Crippen LogP contribution < -0.4 is 26.4 Å². The Morgan fingerprint density at radius 1 is 1.05 bits per heavy atom. The molecule has 3 atom stereocenters. The third-order valence-corrected chi connectivity index (χ3v) is 6.76. The number of methoxy groups -OCH3 is 1. The quantitative estimate of drug-likeness (QED) is 0.155. The van der Waals surface area contributed by atoms with E-state index in [0.717, 1.165) is 19.4 Å². The van der Waals surface area contributed by atoms with E-state index in [4.69, 9.17) is 15.2 Å². The van der Waals surface area contributed by atoms with Crippen molar-refractivity contribution in [2.75, 3.05) is 47.0 Å². The lowest BCUT2D eigenvalue weighted by Crippen LogP contribution is -2.48. The minimum Gasteiger partial charge on any atom is -0.493 e. The Morgan fingerprint density at radius 2 is 1.69 bits per heavy atom. The molecule has 6 N–H and O–H groups in total. The summed E-state index contributed by atoms with van der Waals surface area (Å²) in [7, 11) is 3.52. The first-order valence-corrected chi connectivity index (χ1v) is 13.4. The highest BCUT2D eigenvalue weighted by molar-refractivity contribution is 5.96. The van der Waals surface area contributed by atoms with Crippen LogP contribution in [0, 0.1) is 17.3 Å². The highest BCUT2D eigenvalue weighted by Gasteiger charge is 2.29. The van der Waals surface area contributed by atoms with Crippen molar-refractivity contribution in [3.8, 4) is 5.75 Å². The lowest BCUT2D eigenvalue weighted by Gasteiger charge is -2.29. The number of amides is 2. The van der Waals surface area contributed by atoms with Gasteiger partial charge in [-0.15, -0.1) is 24.8 Å². The van der Waals surface area contributed by atoms with E-state index in [1.807, 2.05) is 33.0 Å². The number of rotatable bonds is 19. The number of halogens is 2. The maximum Gasteiger partial charge on any atom is 0.255 e. The number of carbonyl (C=O) groups is 2. The zero-order chi connectivity index (χ0) is 27.8. The van der Waals surface area contributed by atoms with Crippen molar-refractivity contribution < 1.29 is 24.2 Å². The van der Waals surface area contributed by atoms with Crippen LogP contribution in [0.25, 0.3) is 0 Å². The average molecular weight is 596 g/mol. The highest BCUT2D eigenvalue weighted by Crippen LogP contribution is 2.22. The SMILES string of the molecule is CNCCC(C)(C)C(=O)NCC(O)C(N)CC(CNC(=O)c1ccccc1OCCCCOC)C(C)C.Cl.Cl. The molecule has 0 aliphatic carbocycles. The van der Waals surface area contributed by atoms with Crippen molar-refractivity contribution in [2.24, 2.45) is 23.0 Å². The van der Waals surface area contributed by atoms with Gasteiger partial charge in [0.15, 0.2) is 0 Å². The molecule has 1 aromatic rings. The van der Waals surface area contributed by atoms with Gasteiger partial charge in [0, 0.05) is 38.3 Å². The lowest BCUT2D eigenvalue weighted by atomic mass is 9.87. The van der Waals surface area contributed by atoms with Crippen molar-refractivity contribution in [1.29, 1.82) is 0 Å². The molecule has 0 heterocycles. The van der Waals surface area contributed by atoms with Gasteiger partial charge in [0.1, 0.15) is 5.75 Å². The van der Waals surface area contributed by atoms with Gasteiger partial charge in [0.2, 0.25) is 5.91 Å². The van der Waals surface area contributed by atoms with Crippen molar-refractivity contribution in [1.82, 2.24) is 16.0 Å². The summed E-state index contributed by atoms with van der Waals surface area (Å²) in [6.45, 7) is 10.3. The number of nitrogens with two attached hydrogens (primary N) is 1. The molecule has 0 aliphatic heterocycles. The number of hydrogen-bond donors (Lipinski definition) is 5. The maximum absolute atomic E-state index is 13.0. The minimum atomic E-state index is -0.881. The second-order valence-electron chi connectivity index (χ2n) is 10.7. The van der Waals surface area contributed by atoms with E-state index in [2.05, 4.69) is 29.8 Å². The predicted molar refractivity (Wildman–Crippen MR) is 162 cm³/mol. The molecule has 11 heteroatoms. The molecule has 0 bridgehead atoms. The van der Waals surface area contributed by atoms with Crippen LogP contribution in [-0.2, 0) is 9.53 Å². The molecule has 228 valence electrons. The number of aliphatic hydroxyl groups excluding tert-OH is 1. The van der Waals surface area contributed by atoms with Crippen LogP contribution in [0.15, 0.2) is 24.3 Å². The summed E-state index contributed by atoms with van der Waals surface area (Å²) >= 11 is 0. The number of nitrogens with one attached hydrogen (secondary N) is 3. The molecule has 0 saturated carbocycles. The molecule has 0 spiro atoms. The van der Waals surface area contributed by atoms with Crippen LogP contribution in [-0.4, -0.2) is 76.1 Å². The molecule has 1 rings (SSSR count). The number of aliphatic hydroxyl groups is 1. The van der Waals surface area contributed by atoms with Gasteiger partial charge in [-0.2, -0.15) is 0 Å². The highest BCUT2D eigenvalue weighted by atomic mass is 35.5. The first-order chi connectivity index (χ1) is 17.5.